The van der Waals surface area contributed by atoms with Crippen molar-refractivity contribution in [2.75, 3.05) is 31.1 Å². The van der Waals surface area contributed by atoms with Gasteiger partial charge in [-0.25, -0.2) is 0 Å². The fourth-order valence-electron chi connectivity index (χ4n) is 4.67. The minimum atomic E-state index is -5.14. The Morgan fingerprint density at radius 3 is 2.10 bits per heavy atom. The number of carbonyl (C=O) groups excluding carboxylic acids is 2. The van der Waals surface area contributed by atoms with E-state index in [0.29, 0.717) is 30.9 Å². The number of alkyl halides is 6. The van der Waals surface area contributed by atoms with Crippen LogP contribution in [0.25, 0.3) is 0 Å². The van der Waals surface area contributed by atoms with Gasteiger partial charge in [0.15, 0.2) is 11.8 Å². The van der Waals surface area contributed by atoms with E-state index in [1.165, 1.54) is 22.2 Å². The molecule has 0 saturated carbocycles. The number of halogens is 6. The molecule has 41 heavy (non-hydrogen) atoms. The first-order valence-corrected chi connectivity index (χ1v) is 12.8. The summed E-state index contributed by atoms with van der Waals surface area (Å²) < 4.78 is 81.5. The fraction of sp³-hybridized carbons (Fsp3) is 0.345. The van der Waals surface area contributed by atoms with E-state index in [-0.39, 0.29) is 25.7 Å². The third-order valence-corrected chi connectivity index (χ3v) is 7.01. The van der Waals surface area contributed by atoms with Crippen LogP contribution in [0, 0.1) is 13.8 Å². The predicted octanol–water partition coefficient (Wildman–Crippen LogP) is 5.43. The number of ketones is 1. The van der Waals surface area contributed by atoms with Crippen molar-refractivity contribution in [3.05, 3.63) is 94.3 Å². The number of benzene rings is 2. The summed E-state index contributed by atoms with van der Waals surface area (Å²) in [4.78, 5) is 35.0. The molecule has 2 aromatic carbocycles. The van der Waals surface area contributed by atoms with E-state index < -0.39 is 46.8 Å². The molecule has 1 aliphatic heterocycles. The first-order chi connectivity index (χ1) is 19.3. The summed E-state index contributed by atoms with van der Waals surface area (Å²) in [5, 5.41) is 3.07. The van der Waals surface area contributed by atoms with Crippen molar-refractivity contribution in [2.45, 2.75) is 38.8 Å². The number of Topliss-reactive ketones (excluding diaryl/α,β-unsaturated/α-hetero) is 1. The van der Waals surface area contributed by atoms with Crippen LogP contribution in [0.1, 0.15) is 38.2 Å². The minimum absolute atomic E-state index is 0.00207. The van der Waals surface area contributed by atoms with E-state index in [2.05, 4.69) is 10.3 Å². The summed E-state index contributed by atoms with van der Waals surface area (Å²) in [5.41, 5.74) is -1.07. The topological polar surface area (TPSA) is 65.5 Å². The predicted molar refractivity (Wildman–Crippen MR) is 140 cm³/mol. The lowest BCUT2D eigenvalue weighted by molar-refractivity contribution is -0.143. The monoisotopic (exact) mass is 578 g/mol. The number of amides is 1. The third-order valence-electron chi connectivity index (χ3n) is 7.01. The molecule has 1 amide bonds. The second-order valence-corrected chi connectivity index (χ2v) is 9.90. The number of aromatic nitrogens is 1. The second-order valence-electron chi connectivity index (χ2n) is 9.90. The summed E-state index contributed by atoms with van der Waals surface area (Å²) in [5.74, 6) is -1.93. The lowest BCUT2D eigenvalue weighted by Gasteiger charge is -2.36. The van der Waals surface area contributed by atoms with E-state index in [1.807, 2.05) is 32.0 Å². The van der Waals surface area contributed by atoms with Crippen LogP contribution in [0.3, 0.4) is 0 Å². The normalized spacial score (nSPS) is 15.4. The van der Waals surface area contributed by atoms with Crippen LogP contribution >= 0.6 is 0 Å². The van der Waals surface area contributed by atoms with Gasteiger partial charge in [0.05, 0.1) is 29.6 Å². The van der Waals surface area contributed by atoms with Crippen LogP contribution in [-0.4, -0.2) is 53.8 Å². The summed E-state index contributed by atoms with van der Waals surface area (Å²) in [6, 6.07) is 7.76. The zero-order chi connectivity index (χ0) is 29.9. The summed E-state index contributed by atoms with van der Waals surface area (Å²) in [7, 11) is 0. The molecular formula is C29H28F6N4O2. The van der Waals surface area contributed by atoms with Gasteiger partial charge in [0.1, 0.15) is 0 Å². The highest BCUT2D eigenvalue weighted by atomic mass is 19.4. The molecule has 1 atom stereocenters. The molecule has 0 radical (unpaired) electrons. The molecule has 4 rings (SSSR count). The maximum atomic E-state index is 14.2. The number of pyridine rings is 1. The molecule has 3 aromatic rings. The smallest absolute Gasteiger partial charge is 0.314 e. The van der Waals surface area contributed by atoms with E-state index in [0.717, 1.165) is 16.7 Å². The van der Waals surface area contributed by atoms with Crippen LogP contribution in [0.4, 0.5) is 32.0 Å². The molecule has 1 unspecified atom stereocenters. The van der Waals surface area contributed by atoms with Crippen LogP contribution < -0.4 is 10.2 Å². The van der Waals surface area contributed by atoms with Gasteiger partial charge >= 0.3 is 12.4 Å². The molecule has 0 bridgehead atoms. The number of aryl methyl sites for hydroxylation is 2. The zero-order valence-corrected chi connectivity index (χ0v) is 22.3. The average molecular weight is 579 g/mol. The van der Waals surface area contributed by atoms with Crippen molar-refractivity contribution in [1.82, 2.24) is 15.2 Å². The first-order valence-electron chi connectivity index (χ1n) is 12.8. The Hall–Kier alpha value is -3.77. The zero-order valence-electron chi connectivity index (χ0n) is 22.3. The number of nitrogens with one attached hydrogen (secondary N) is 1. The van der Waals surface area contributed by atoms with Gasteiger partial charge < -0.3 is 10.2 Å². The Morgan fingerprint density at radius 1 is 0.927 bits per heavy atom. The van der Waals surface area contributed by atoms with Crippen molar-refractivity contribution >= 4 is 17.4 Å². The summed E-state index contributed by atoms with van der Waals surface area (Å²) in [6.07, 6.45) is -7.39. The number of nitrogens with zero attached hydrogens (tertiary/aromatic N) is 3. The molecule has 1 N–H and O–H groups in total. The molecule has 2 heterocycles. The van der Waals surface area contributed by atoms with Gasteiger partial charge in [0, 0.05) is 37.9 Å². The minimum Gasteiger partial charge on any atom is -0.314 e. The molecule has 1 fully saturated rings. The third kappa shape index (κ3) is 7.12. The van der Waals surface area contributed by atoms with Gasteiger partial charge in [-0.1, -0.05) is 18.2 Å². The van der Waals surface area contributed by atoms with E-state index in [1.54, 1.807) is 12.1 Å². The average Bonchev–Trinajstić information content (AvgIpc) is 2.93. The lowest BCUT2D eigenvalue weighted by Crippen LogP contribution is -2.58. The molecule has 0 aliphatic carbocycles. The summed E-state index contributed by atoms with van der Waals surface area (Å²) in [6.45, 7) is 4.92. The number of hydrogen-bond donors (Lipinski definition) is 1. The van der Waals surface area contributed by atoms with Gasteiger partial charge in [0.25, 0.3) is 5.91 Å². The first kappa shape index (κ1) is 30.2. The lowest BCUT2D eigenvalue weighted by atomic mass is 9.96. The van der Waals surface area contributed by atoms with Gasteiger partial charge in [0.2, 0.25) is 0 Å². The summed E-state index contributed by atoms with van der Waals surface area (Å²) >= 11 is 0. The van der Waals surface area contributed by atoms with E-state index in [9.17, 15) is 35.9 Å². The van der Waals surface area contributed by atoms with Gasteiger partial charge in [-0.15, -0.1) is 0 Å². The SMILES string of the molecule is Cc1ccc(CN(C(=O)C(C(=O)c2cc(C(F)(F)F)cc(C(F)(F)F)c2)N2CCNCC2)c2cccnc2)cc1C. The highest BCUT2D eigenvalue weighted by Crippen LogP contribution is 2.37. The quantitative estimate of drug-likeness (QED) is 0.230. The highest BCUT2D eigenvalue weighted by molar-refractivity contribution is 6.17. The molecule has 218 valence electrons. The van der Waals surface area contributed by atoms with Crippen molar-refractivity contribution in [2.24, 2.45) is 0 Å². The molecule has 12 heteroatoms. The van der Waals surface area contributed by atoms with Gasteiger partial charge in [-0.3, -0.25) is 19.5 Å². The number of rotatable bonds is 7. The van der Waals surface area contributed by atoms with Crippen molar-refractivity contribution in [1.29, 1.82) is 0 Å². The molecule has 6 nitrogen and oxygen atoms in total. The number of carbonyl (C=O) groups is 2. The Bertz CT molecular complexity index is 1370. The second kappa shape index (κ2) is 12.0. The van der Waals surface area contributed by atoms with Gasteiger partial charge in [-0.2, -0.15) is 26.3 Å². The van der Waals surface area contributed by atoms with Crippen LogP contribution in [-0.2, 0) is 23.7 Å². The van der Waals surface area contributed by atoms with Crippen molar-refractivity contribution in [3.63, 3.8) is 0 Å². The largest absolute Gasteiger partial charge is 0.416 e. The highest BCUT2D eigenvalue weighted by Gasteiger charge is 2.41. The number of hydrogen-bond acceptors (Lipinski definition) is 5. The van der Waals surface area contributed by atoms with E-state index >= 15 is 0 Å². The van der Waals surface area contributed by atoms with Crippen LogP contribution in [0.2, 0.25) is 0 Å². The Morgan fingerprint density at radius 2 is 1.56 bits per heavy atom. The standard InChI is InChI=1S/C29H28F6N4O2/c1-18-5-6-20(12-19(18)2)17-39(24-4-3-7-37-16-24)27(41)25(38-10-8-36-9-11-38)26(40)21-13-22(28(30,31)32)15-23(14-21)29(33,34)35/h3-7,12-16,25,36H,8-11,17H2,1-2H3. The van der Waals surface area contributed by atoms with Crippen LogP contribution in [0.5, 0.6) is 0 Å². The van der Waals surface area contributed by atoms with Crippen molar-refractivity contribution in [3.8, 4) is 0 Å². The molecule has 0 spiro atoms. The Balaban J connectivity index is 1.82. The molecule has 1 saturated heterocycles. The molecule has 1 aromatic heterocycles. The fourth-order valence-corrected chi connectivity index (χ4v) is 4.67. The van der Waals surface area contributed by atoms with Gasteiger partial charge in [-0.05, 0) is 60.9 Å². The van der Waals surface area contributed by atoms with Crippen LogP contribution in [0.15, 0.2) is 60.9 Å². The Kier molecular flexibility index (Phi) is 8.83. The number of piperazine rings is 1. The maximum Gasteiger partial charge on any atom is 0.416 e. The van der Waals surface area contributed by atoms with E-state index in [4.69, 9.17) is 0 Å². The molecule has 1 aliphatic rings. The maximum absolute atomic E-state index is 14.2. The van der Waals surface area contributed by atoms with Crippen molar-refractivity contribution < 1.29 is 35.9 Å². The molecular weight excluding hydrogens is 550 g/mol. The number of anilines is 1. The Labute approximate surface area is 233 Å².